The van der Waals surface area contributed by atoms with E-state index >= 15 is 0 Å². The molecule has 1 fully saturated rings. The Kier molecular flexibility index (Phi) is 5.57. The number of benzene rings is 2. The van der Waals surface area contributed by atoms with Crippen molar-refractivity contribution < 1.29 is 19.1 Å². The number of fused-ring (bicyclic) bond motifs is 2. The highest BCUT2D eigenvalue weighted by atomic mass is 19.1. The lowest BCUT2D eigenvalue weighted by Crippen LogP contribution is -2.39. The van der Waals surface area contributed by atoms with Crippen LogP contribution in [-0.2, 0) is 4.79 Å². The second-order valence-electron chi connectivity index (χ2n) is 8.63. The maximum Gasteiger partial charge on any atom is 0.306 e. The first-order valence-corrected chi connectivity index (χ1v) is 11.2. The Hall–Kier alpha value is -4.07. The molecule has 0 unspecified atom stereocenters. The molecule has 7 nitrogen and oxygen atoms in total. The quantitative estimate of drug-likeness (QED) is 0.449. The smallest absolute Gasteiger partial charge is 0.306 e. The molecule has 1 aliphatic carbocycles. The number of carboxylic acids is 1. The van der Waals surface area contributed by atoms with Gasteiger partial charge in [-0.3, -0.25) is 18.8 Å². The molecule has 8 heteroatoms. The third kappa shape index (κ3) is 4.03. The Labute approximate surface area is 193 Å². The molecule has 1 saturated carbocycles. The molecule has 0 aliphatic heterocycles. The summed E-state index contributed by atoms with van der Waals surface area (Å²) in [5.74, 6) is -1.87. The van der Waals surface area contributed by atoms with E-state index in [0.717, 1.165) is 0 Å². The number of aromatic nitrogens is 2. The van der Waals surface area contributed by atoms with Crippen LogP contribution >= 0.6 is 0 Å². The predicted octanol–water partition coefficient (Wildman–Crippen LogP) is 4.03. The zero-order chi connectivity index (χ0) is 23.8. The number of aliphatic carboxylic acids is 1. The number of nitrogens with one attached hydrogen (secondary N) is 1. The number of amides is 1. The average molecular weight is 459 g/mol. The van der Waals surface area contributed by atoms with Crippen molar-refractivity contribution in [2.45, 2.75) is 31.7 Å². The molecule has 1 aliphatic rings. The first-order valence-electron chi connectivity index (χ1n) is 11.2. The van der Waals surface area contributed by atoms with E-state index in [-0.39, 0.29) is 40.5 Å². The molecule has 2 aromatic carbocycles. The van der Waals surface area contributed by atoms with Gasteiger partial charge in [-0.2, -0.15) is 0 Å². The third-order valence-electron chi connectivity index (χ3n) is 6.45. The van der Waals surface area contributed by atoms with Gasteiger partial charge in [0.1, 0.15) is 5.82 Å². The van der Waals surface area contributed by atoms with Crippen LogP contribution in [0.1, 0.15) is 36.0 Å². The summed E-state index contributed by atoms with van der Waals surface area (Å²) in [6, 6.07) is 14.4. The molecule has 0 saturated heterocycles. The van der Waals surface area contributed by atoms with Gasteiger partial charge < -0.3 is 10.4 Å². The number of carbonyl (C=O) groups is 2. The van der Waals surface area contributed by atoms with E-state index in [0.29, 0.717) is 47.7 Å². The van der Waals surface area contributed by atoms with Crippen molar-refractivity contribution in [2.75, 3.05) is 0 Å². The molecule has 5 rings (SSSR count). The average Bonchev–Trinajstić information content (AvgIpc) is 2.84. The van der Waals surface area contributed by atoms with Gasteiger partial charge in [0.25, 0.3) is 11.5 Å². The van der Waals surface area contributed by atoms with Crippen LogP contribution in [0.4, 0.5) is 4.39 Å². The molecule has 2 aromatic heterocycles. The van der Waals surface area contributed by atoms with E-state index in [1.54, 1.807) is 48.7 Å². The molecule has 0 bridgehead atoms. The van der Waals surface area contributed by atoms with Crippen molar-refractivity contribution in [3.8, 4) is 11.1 Å². The van der Waals surface area contributed by atoms with Crippen LogP contribution in [0, 0.1) is 11.7 Å². The summed E-state index contributed by atoms with van der Waals surface area (Å²) in [4.78, 5) is 42.1. The normalized spacial score (nSPS) is 18.1. The molecule has 34 heavy (non-hydrogen) atoms. The van der Waals surface area contributed by atoms with E-state index in [1.165, 1.54) is 16.5 Å². The largest absolute Gasteiger partial charge is 0.481 e. The van der Waals surface area contributed by atoms with Gasteiger partial charge in [0.15, 0.2) is 5.65 Å². The maximum absolute atomic E-state index is 13.7. The number of nitrogens with zero attached hydrogens (tertiary/aromatic N) is 2. The van der Waals surface area contributed by atoms with Crippen LogP contribution in [0.2, 0.25) is 0 Å². The Morgan fingerprint density at radius 3 is 2.50 bits per heavy atom. The molecule has 0 radical (unpaired) electrons. The minimum atomic E-state index is -0.796. The lowest BCUT2D eigenvalue weighted by Gasteiger charge is -2.26. The van der Waals surface area contributed by atoms with Gasteiger partial charge in [0.05, 0.1) is 22.4 Å². The third-order valence-corrected chi connectivity index (χ3v) is 6.45. The molecule has 1 amide bonds. The van der Waals surface area contributed by atoms with Gasteiger partial charge in [-0.25, -0.2) is 9.37 Å². The minimum Gasteiger partial charge on any atom is -0.481 e. The fraction of sp³-hybridized carbons (Fsp3) is 0.231. The van der Waals surface area contributed by atoms with Crippen LogP contribution < -0.4 is 10.9 Å². The van der Waals surface area contributed by atoms with Crippen molar-refractivity contribution >= 4 is 28.4 Å². The number of rotatable bonds is 4. The lowest BCUT2D eigenvalue weighted by atomic mass is 9.86. The second kappa shape index (κ2) is 8.70. The highest BCUT2D eigenvalue weighted by molar-refractivity contribution is 6.01. The monoisotopic (exact) mass is 459 g/mol. The Balaban J connectivity index is 1.49. The molecule has 172 valence electrons. The van der Waals surface area contributed by atoms with Crippen molar-refractivity contribution in [3.05, 3.63) is 82.5 Å². The predicted molar refractivity (Wildman–Crippen MR) is 125 cm³/mol. The molecule has 4 aromatic rings. The first-order chi connectivity index (χ1) is 16.4. The zero-order valence-electron chi connectivity index (χ0n) is 18.2. The summed E-state index contributed by atoms with van der Waals surface area (Å²) in [5.41, 5.74) is 1.97. The van der Waals surface area contributed by atoms with Gasteiger partial charge in [0, 0.05) is 12.2 Å². The van der Waals surface area contributed by atoms with Crippen molar-refractivity contribution in [3.63, 3.8) is 0 Å². The number of carboxylic acid groups (broad SMARTS) is 1. The molecule has 2 heterocycles. The summed E-state index contributed by atoms with van der Waals surface area (Å²) < 4.78 is 15.0. The van der Waals surface area contributed by atoms with Gasteiger partial charge in [-0.15, -0.1) is 0 Å². The standard InChI is InChI=1S/C26H22FN3O4/c27-18-4-1-3-16(13-18)17-8-11-22-21(14-17)25(32)30-12-2-5-20(23(30)29-22)24(31)28-19-9-6-15(7-10-19)26(33)34/h1-5,8,11-15,19H,6-7,9-10H2,(H,28,31)(H,33,34). The van der Waals surface area contributed by atoms with Crippen LogP contribution in [0.25, 0.3) is 27.7 Å². The summed E-state index contributed by atoms with van der Waals surface area (Å²) in [5, 5.41) is 12.5. The Morgan fingerprint density at radius 2 is 1.76 bits per heavy atom. The summed E-state index contributed by atoms with van der Waals surface area (Å²) in [7, 11) is 0. The van der Waals surface area contributed by atoms with Crippen molar-refractivity contribution in [1.82, 2.24) is 14.7 Å². The SMILES string of the molecule is O=C(NC1CCC(C(=O)O)CC1)c1cccn2c(=O)c3cc(-c4cccc(F)c4)ccc3nc12. The minimum absolute atomic E-state index is 0.121. The van der Waals surface area contributed by atoms with Gasteiger partial charge >= 0.3 is 5.97 Å². The van der Waals surface area contributed by atoms with Gasteiger partial charge in [-0.1, -0.05) is 18.2 Å². The topological polar surface area (TPSA) is 101 Å². The van der Waals surface area contributed by atoms with Gasteiger partial charge in [0.2, 0.25) is 0 Å². The van der Waals surface area contributed by atoms with E-state index in [2.05, 4.69) is 10.3 Å². The molecular weight excluding hydrogens is 437 g/mol. The van der Waals surface area contributed by atoms with Crippen LogP contribution in [0.3, 0.4) is 0 Å². The van der Waals surface area contributed by atoms with E-state index in [1.807, 2.05) is 0 Å². The van der Waals surface area contributed by atoms with E-state index in [9.17, 15) is 18.8 Å². The second-order valence-corrected chi connectivity index (χ2v) is 8.63. The Morgan fingerprint density at radius 1 is 1.00 bits per heavy atom. The molecule has 2 N–H and O–H groups in total. The highest BCUT2D eigenvalue weighted by Gasteiger charge is 2.27. The summed E-state index contributed by atoms with van der Waals surface area (Å²) in [6.07, 6.45) is 3.78. The lowest BCUT2D eigenvalue weighted by molar-refractivity contribution is -0.142. The summed E-state index contributed by atoms with van der Waals surface area (Å²) >= 11 is 0. The molecule has 0 atom stereocenters. The molecular formula is C26H22FN3O4. The molecule has 0 spiro atoms. The van der Waals surface area contributed by atoms with Gasteiger partial charge in [-0.05, 0) is 73.2 Å². The van der Waals surface area contributed by atoms with Crippen LogP contribution in [0.15, 0.2) is 65.6 Å². The Bertz CT molecular complexity index is 1490. The highest BCUT2D eigenvalue weighted by Crippen LogP contribution is 2.26. The summed E-state index contributed by atoms with van der Waals surface area (Å²) in [6.45, 7) is 0. The fourth-order valence-electron chi connectivity index (χ4n) is 4.60. The van der Waals surface area contributed by atoms with E-state index < -0.39 is 5.97 Å². The number of hydrogen-bond donors (Lipinski definition) is 2. The van der Waals surface area contributed by atoms with Crippen molar-refractivity contribution in [1.29, 1.82) is 0 Å². The maximum atomic E-state index is 13.7. The zero-order valence-corrected chi connectivity index (χ0v) is 18.2. The van der Waals surface area contributed by atoms with Crippen LogP contribution in [-0.4, -0.2) is 32.4 Å². The number of carbonyl (C=O) groups excluding carboxylic acids is 1. The van der Waals surface area contributed by atoms with E-state index in [4.69, 9.17) is 5.11 Å². The first kappa shape index (κ1) is 21.8. The van der Waals surface area contributed by atoms with Crippen molar-refractivity contribution in [2.24, 2.45) is 5.92 Å². The van der Waals surface area contributed by atoms with Crippen LogP contribution in [0.5, 0.6) is 0 Å². The number of hydrogen-bond acceptors (Lipinski definition) is 4. The number of halogens is 1. The number of pyridine rings is 1. The fourth-order valence-corrected chi connectivity index (χ4v) is 4.60.